The fraction of sp³-hybridized carbons (Fsp3) is 0.750. The van der Waals surface area contributed by atoms with Gasteiger partial charge < -0.3 is 0 Å². The van der Waals surface area contributed by atoms with Crippen LogP contribution in [-0.2, 0) is 4.79 Å². The molecule has 0 aromatic carbocycles. The highest BCUT2D eigenvalue weighted by Crippen LogP contribution is 2.33. The molecule has 1 heteroatoms. The number of Topliss-reactive ketones (excluding diaryl/α,β-unsaturated/α-hetero) is 1. The lowest BCUT2D eigenvalue weighted by molar-refractivity contribution is -0.121. The summed E-state index contributed by atoms with van der Waals surface area (Å²) < 4.78 is 0. The molecule has 0 heterocycles. The summed E-state index contributed by atoms with van der Waals surface area (Å²) in [6.07, 6.45) is 3.51. The minimum atomic E-state index is 0.253. The lowest BCUT2D eigenvalue weighted by Crippen LogP contribution is -2.27. The second-order valence-electron chi connectivity index (χ2n) is 4.31. The van der Waals surface area contributed by atoms with Crippen LogP contribution in [0.15, 0.2) is 11.1 Å². The fourth-order valence-corrected chi connectivity index (χ4v) is 2.21. The summed E-state index contributed by atoms with van der Waals surface area (Å²) in [7, 11) is 0. The molecule has 0 saturated carbocycles. The molecular formula is C12H20O. The Kier molecular flexibility index (Phi) is 3.29. The molecule has 0 radical (unpaired) electrons. The molecule has 0 saturated heterocycles. The van der Waals surface area contributed by atoms with E-state index in [0.29, 0.717) is 11.7 Å². The summed E-state index contributed by atoms with van der Waals surface area (Å²) in [5.41, 5.74) is 2.32. The molecule has 0 fully saturated rings. The Bertz CT molecular complexity index is 238. The first-order valence-corrected chi connectivity index (χ1v) is 5.28. The maximum absolute atomic E-state index is 11.8. The van der Waals surface area contributed by atoms with Crippen LogP contribution in [0.1, 0.15) is 47.0 Å². The zero-order chi connectivity index (χ0) is 10.0. The Balaban J connectivity index is 2.81. The number of ketones is 1. The Morgan fingerprint density at radius 3 is 2.54 bits per heavy atom. The molecule has 0 N–H and O–H groups in total. The molecule has 0 amide bonds. The van der Waals surface area contributed by atoms with Crippen molar-refractivity contribution in [2.24, 2.45) is 11.8 Å². The summed E-state index contributed by atoms with van der Waals surface area (Å²) in [6, 6.07) is 0. The highest BCUT2D eigenvalue weighted by molar-refractivity contribution is 5.98. The van der Waals surface area contributed by atoms with Gasteiger partial charge in [0, 0.05) is 5.92 Å². The van der Waals surface area contributed by atoms with Gasteiger partial charge in [-0.3, -0.25) is 4.79 Å². The van der Waals surface area contributed by atoms with E-state index in [-0.39, 0.29) is 5.92 Å². The maximum atomic E-state index is 11.8. The first-order valence-electron chi connectivity index (χ1n) is 5.28. The summed E-state index contributed by atoms with van der Waals surface area (Å²) >= 11 is 0. The van der Waals surface area contributed by atoms with E-state index in [2.05, 4.69) is 20.8 Å². The van der Waals surface area contributed by atoms with E-state index in [0.717, 1.165) is 12.0 Å². The Morgan fingerprint density at radius 1 is 1.38 bits per heavy atom. The molecule has 2 atom stereocenters. The minimum Gasteiger partial charge on any atom is -0.294 e. The first-order chi connectivity index (χ1) is 6.07. The van der Waals surface area contributed by atoms with E-state index in [1.54, 1.807) is 0 Å². The second kappa shape index (κ2) is 4.08. The topological polar surface area (TPSA) is 17.1 Å². The van der Waals surface area contributed by atoms with Gasteiger partial charge in [0.25, 0.3) is 0 Å². The van der Waals surface area contributed by atoms with Gasteiger partial charge in [-0.05, 0) is 38.2 Å². The molecule has 1 aliphatic rings. The third-order valence-electron chi connectivity index (χ3n) is 3.36. The highest BCUT2D eigenvalue weighted by Gasteiger charge is 2.29. The molecule has 1 nitrogen and oxygen atoms in total. The van der Waals surface area contributed by atoms with E-state index in [9.17, 15) is 4.79 Å². The Morgan fingerprint density at radius 2 is 2.00 bits per heavy atom. The maximum Gasteiger partial charge on any atom is 0.161 e. The Labute approximate surface area is 81.2 Å². The molecule has 2 unspecified atom stereocenters. The van der Waals surface area contributed by atoms with Crippen LogP contribution in [0.5, 0.6) is 0 Å². The van der Waals surface area contributed by atoms with Crippen LogP contribution in [0.3, 0.4) is 0 Å². The molecule has 1 rings (SSSR count). The van der Waals surface area contributed by atoms with Crippen molar-refractivity contribution >= 4 is 5.78 Å². The lowest BCUT2D eigenvalue weighted by Gasteiger charge is -2.29. The van der Waals surface area contributed by atoms with Crippen molar-refractivity contribution in [1.82, 2.24) is 0 Å². The van der Waals surface area contributed by atoms with E-state index < -0.39 is 0 Å². The third-order valence-corrected chi connectivity index (χ3v) is 3.36. The van der Waals surface area contributed by atoms with Crippen molar-refractivity contribution in [3.8, 4) is 0 Å². The number of rotatable bonds is 2. The average molecular weight is 180 g/mol. The van der Waals surface area contributed by atoms with Crippen molar-refractivity contribution < 1.29 is 4.79 Å². The van der Waals surface area contributed by atoms with Crippen molar-refractivity contribution in [2.75, 3.05) is 0 Å². The van der Waals surface area contributed by atoms with Crippen LogP contribution in [0.2, 0.25) is 0 Å². The van der Waals surface area contributed by atoms with Crippen molar-refractivity contribution in [2.45, 2.75) is 47.0 Å². The number of allylic oxidation sites excluding steroid dienone is 2. The molecule has 0 aromatic rings. The van der Waals surface area contributed by atoms with Crippen molar-refractivity contribution in [3.05, 3.63) is 11.1 Å². The normalized spacial score (nSPS) is 29.7. The minimum absolute atomic E-state index is 0.253. The van der Waals surface area contributed by atoms with Crippen LogP contribution in [0.25, 0.3) is 0 Å². The number of hydrogen-bond donors (Lipinski definition) is 0. The molecule has 1 aliphatic carbocycles. The first kappa shape index (κ1) is 10.5. The second-order valence-corrected chi connectivity index (χ2v) is 4.31. The predicted octanol–water partition coefficient (Wildman–Crippen LogP) is 3.35. The van der Waals surface area contributed by atoms with Gasteiger partial charge in [-0.15, -0.1) is 0 Å². The predicted molar refractivity (Wildman–Crippen MR) is 55.6 cm³/mol. The monoisotopic (exact) mass is 180 g/mol. The largest absolute Gasteiger partial charge is 0.294 e. The quantitative estimate of drug-likeness (QED) is 0.637. The summed E-state index contributed by atoms with van der Waals surface area (Å²) in [4.78, 5) is 11.8. The molecule has 0 aliphatic heterocycles. The standard InChI is InChI=1S/C12H20O/c1-5-6-11-7-8(2)9(3)12(13)10(11)4/h10-11H,5-7H2,1-4H3. The van der Waals surface area contributed by atoms with Crippen molar-refractivity contribution in [3.63, 3.8) is 0 Å². The van der Waals surface area contributed by atoms with Gasteiger partial charge in [0.15, 0.2) is 5.78 Å². The molecule has 13 heavy (non-hydrogen) atoms. The van der Waals surface area contributed by atoms with Gasteiger partial charge in [-0.1, -0.05) is 25.8 Å². The van der Waals surface area contributed by atoms with E-state index in [1.807, 2.05) is 6.92 Å². The van der Waals surface area contributed by atoms with Crippen LogP contribution in [-0.4, -0.2) is 5.78 Å². The molecule has 0 bridgehead atoms. The zero-order valence-electron chi connectivity index (χ0n) is 9.18. The zero-order valence-corrected chi connectivity index (χ0v) is 9.18. The van der Waals surface area contributed by atoms with E-state index in [4.69, 9.17) is 0 Å². The van der Waals surface area contributed by atoms with Gasteiger partial charge in [-0.25, -0.2) is 0 Å². The smallest absolute Gasteiger partial charge is 0.161 e. The number of carbonyl (C=O) groups is 1. The van der Waals surface area contributed by atoms with E-state index in [1.165, 1.54) is 18.4 Å². The SMILES string of the molecule is CCCC1CC(C)=C(C)C(=O)C1C. The van der Waals surface area contributed by atoms with Crippen LogP contribution in [0.4, 0.5) is 0 Å². The van der Waals surface area contributed by atoms with Gasteiger partial charge in [-0.2, -0.15) is 0 Å². The number of hydrogen-bond acceptors (Lipinski definition) is 1. The molecule has 0 aromatic heterocycles. The van der Waals surface area contributed by atoms with Crippen molar-refractivity contribution in [1.29, 1.82) is 0 Å². The Hall–Kier alpha value is -0.590. The average Bonchev–Trinajstić information content (AvgIpc) is 2.11. The fourth-order valence-electron chi connectivity index (χ4n) is 2.21. The molecule has 0 spiro atoms. The van der Waals surface area contributed by atoms with Crippen LogP contribution in [0, 0.1) is 11.8 Å². The van der Waals surface area contributed by atoms with Crippen LogP contribution >= 0.6 is 0 Å². The molecular weight excluding hydrogens is 160 g/mol. The summed E-state index contributed by atoms with van der Waals surface area (Å²) in [6.45, 7) is 8.34. The molecule has 74 valence electrons. The number of carbonyl (C=O) groups excluding carboxylic acids is 1. The van der Waals surface area contributed by atoms with E-state index >= 15 is 0 Å². The third kappa shape index (κ3) is 2.01. The highest BCUT2D eigenvalue weighted by atomic mass is 16.1. The summed E-state index contributed by atoms with van der Waals surface area (Å²) in [5.74, 6) is 1.23. The van der Waals surface area contributed by atoms with Gasteiger partial charge in [0.1, 0.15) is 0 Å². The van der Waals surface area contributed by atoms with Gasteiger partial charge >= 0.3 is 0 Å². The van der Waals surface area contributed by atoms with Crippen LogP contribution < -0.4 is 0 Å². The summed E-state index contributed by atoms with van der Waals surface area (Å²) in [5, 5.41) is 0. The van der Waals surface area contributed by atoms with Gasteiger partial charge in [0.05, 0.1) is 0 Å². The van der Waals surface area contributed by atoms with Gasteiger partial charge in [0.2, 0.25) is 0 Å². The lowest BCUT2D eigenvalue weighted by atomic mass is 9.75.